The number of rotatable bonds is 8. The van der Waals surface area contributed by atoms with Crippen molar-refractivity contribution in [2.75, 3.05) is 13.7 Å². The molecule has 0 bridgehead atoms. The molecule has 0 aromatic heterocycles. The van der Waals surface area contributed by atoms with Crippen molar-refractivity contribution in [2.24, 2.45) is 0 Å². The van der Waals surface area contributed by atoms with E-state index in [4.69, 9.17) is 9.47 Å². The summed E-state index contributed by atoms with van der Waals surface area (Å²) in [6.07, 6.45) is -5.06. The smallest absolute Gasteiger partial charge is 0.389 e. The third-order valence-electron chi connectivity index (χ3n) is 2.83. The van der Waals surface area contributed by atoms with Gasteiger partial charge in [0.25, 0.3) is 0 Å². The Morgan fingerprint density at radius 2 is 1.95 bits per heavy atom. The lowest BCUT2D eigenvalue weighted by Crippen LogP contribution is -2.22. The average Bonchev–Trinajstić information content (AvgIpc) is 2.40. The summed E-state index contributed by atoms with van der Waals surface area (Å²) in [6.45, 7) is 4.62. The van der Waals surface area contributed by atoms with Gasteiger partial charge in [0.2, 0.25) is 0 Å². The molecule has 0 heterocycles. The van der Waals surface area contributed by atoms with E-state index in [1.165, 1.54) is 7.11 Å². The summed E-state index contributed by atoms with van der Waals surface area (Å²) >= 11 is 0. The van der Waals surface area contributed by atoms with Gasteiger partial charge in [-0.25, -0.2) is 0 Å². The molecule has 1 N–H and O–H groups in total. The maximum Gasteiger partial charge on any atom is 0.389 e. The standard InChI is InChI=1S/C15H22F3NO2/c1-11(2)19-10-12-6-4-7-13(20-3)14(12)21-9-5-8-15(16,17)18/h4,6-7,11,19H,5,8-10H2,1-3H3. The third kappa shape index (κ3) is 6.71. The fourth-order valence-corrected chi connectivity index (χ4v) is 1.79. The molecule has 0 unspecified atom stereocenters. The molecular weight excluding hydrogens is 283 g/mol. The first-order valence-corrected chi connectivity index (χ1v) is 6.92. The Bertz CT molecular complexity index is 433. The van der Waals surface area contributed by atoms with Crippen molar-refractivity contribution in [3.63, 3.8) is 0 Å². The fourth-order valence-electron chi connectivity index (χ4n) is 1.79. The van der Waals surface area contributed by atoms with Gasteiger partial charge >= 0.3 is 6.18 Å². The first-order chi connectivity index (χ1) is 9.83. The van der Waals surface area contributed by atoms with Crippen molar-refractivity contribution >= 4 is 0 Å². The second kappa shape index (κ2) is 8.12. The Kier molecular flexibility index (Phi) is 6.81. The van der Waals surface area contributed by atoms with E-state index in [2.05, 4.69) is 5.32 Å². The quantitative estimate of drug-likeness (QED) is 0.739. The van der Waals surface area contributed by atoms with E-state index in [1.807, 2.05) is 26.0 Å². The first kappa shape index (κ1) is 17.6. The zero-order valence-corrected chi connectivity index (χ0v) is 12.6. The molecule has 0 radical (unpaired) electrons. The molecule has 0 saturated heterocycles. The maximum atomic E-state index is 12.1. The van der Waals surface area contributed by atoms with E-state index in [9.17, 15) is 13.2 Å². The number of hydrogen-bond acceptors (Lipinski definition) is 3. The van der Waals surface area contributed by atoms with E-state index in [0.717, 1.165) is 5.56 Å². The van der Waals surface area contributed by atoms with E-state index < -0.39 is 12.6 Å². The molecule has 0 aliphatic rings. The van der Waals surface area contributed by atoms with Crippen LogP contribution in [0.5, 0.6) is 11.5 Å². The van der Waals surface area contributed by atoms with Crippen LogP contribution in [0.3, 0.4) is 0 Å². The molecule has 1 aromatic carbocycles. The van der Waals surface area contributed by atoms with Crippen LogP contribution in [0.1, 0.15) is 32.3 Å². The van der Waals surface area contributed by atoms with E-state index >= 15 is 0 Å². The lowest BCUT2D eigenvalue weighted by molar-refractivity contribution is -0.136. The van der Waals surface area contributed by atoms with Crippen LogP contribution in [0.2, 0.25) is 0 Å². The van der Waals surface area contributed by atoms with Crippen molar-refractivity contribution in [3.8, 4) is 11.5 Å². The average molecular weight is 305 g/mol. The predicted octanol–water partition coefficient (Wildman–Crippen LogP) is 3.91. The van der Waals surface area contributed by atoms with Crippen LogP contribution in [0.25, 0.3) is 0 Å². The second-order valence-corrected chi connectivity index (χ2v) is 5.05. The van der Waals surface area contributed by atoms with Crippen LogP contribution in [0.4, 0.5) is 13.2 Å². The highest BCUT2D eigenvalue weighted by Gasteiger charge is 2.26. The van der Waals surface area contributed by atoms with Crippen LogP contribution >= 0.6 is 0 Å². The van der Waals surface area contributed by atoms with Crippen molar-refractivity contribution in [1.82, 2.24) is 5.32 Å². The number of alkyl halides is 3. The highest BCUT2D eigenvalue weighted by Crippen LogP contribution is 2.31. The molecule has 3 nitrogen and oxygen atoms in total. The van der Waals surface area contributed by atoms with Crippen LogP contribution < -0.4 is 14.8 Å². The van der Waals surface area contributed by atoms with Gasteiger partial charge in [-0.2, -0.15) is 13.2 Å². The largest absolute Gasteiger partial charge is 0.493 e. The van der Waals surface area contributed by atoms with Gasteiger partial charge in [-0.05, 0) is 12.5 Å². The Hall–Kier alpha value is -1.43. The van der Waals surface area contributed by atoms with Gasteiger partial charge in [0.15, 0.2) is 11.5 Å². The van der Waals surface area contributed by atoms with Crippen LogP contribution in [-0.2, 0) is 6.54 Å². The monoisotopic (exact) mass is 305 g/mol. The number of halogens is 3. The number of benzene rings is 1. The molecule has 0 aliphatic heterocycles. The van der Waals surface area contributed by atoms with Gasteiger partial charge in [-0.15, -0.1) is 0 Å². The Morgan fingerprint density at radius 3 is 2.52 bits per heavy atom. The van der Waals surface area contributed by atoms with Crippen molar-refractivity contribution in [1.29, 1.82) is 0 Å². The number of nitrogens with one attached hydrogen (secondary N) is 1. The molecule has 6 heteroatoms. The highest BCUT2D eigenvalue weighted by atomic mass is 19.4. The molecule has 0 atom stereocenters. The van der Waals surface area contributed by atoms with Gasteiger partial charge in [-0.3, -0.25) is 0 Å². The molecule has 0 aliphatic carbocycles. The van der Waals surface area contributed by atoms with E-state index in [-0.39, 0.29) is 13.0 Å². The highest BCUT2D eigenvalue weighted by molar-refractivity contribution is 5.46. The van der Waals surface area contributed by atoms with Crippen molar-refractivity contribution < 1.29 is 22.6 Å². The number of para-hydroxylation sites is 1. The van der Waals surface area contributed by atoms with Gasteiger partial charge in [0.05, 0.1) is 13.7 Å². The Morgan fingerprint density at radius 1 is 1.24 bits per heavy atom. The Balaban J connectivity index is 2.68. The summed E-state index contributed by atoms with van der Waals surface area (Å²) in [5.74, 6) is 1.04. The molecule has 0 spiro atoms. The topological polar surface area (TPSA) is 30.5 Å². The molecule has 1 rings (SSSR count). The van der Waals surface area contributed by atoms with Gasteiger partial charge in [0.1, 0.15) is 0 Å². The summed E-state index contributed by atoms with van der Waals surface area (Å²) < 4.78 is 47.1. The minimum atomic E-state index is -4.15. The van der Waals surface area contributed by atoms with Gasteiger partial charge in [0, 0.05) is 24.6 Å². The molecule has 120 valence electrons. The van der Waals surface area contributed by atoms with Crippen LogP contribution in [0.15, 0.2) is 18.2 Å². The van der Waals surface area contributed by atoms with Gasteiger partial charge < -0.3 is 14.8 Å². The first-order valence-electron chi connectivity index (χ1n) is 6.92. The lowest BCUT2D eigenvalue weighted by atomic mass is 10.1. The maximum absolute atomic E-state index is 12.1. The zero-order valence-electron chi connectivity index (χ0n) is 12.6. The zero-order chi connectivity index (χ0) is 15.9. The number of ether oxygens (including phenoxy) is 2. The minimum absolute atomic E-state index is 0.00849. The second-order valence-electron chi connectivity index (χ2n) is 5.05. The predicted molar refractivity (Wildman–Crippen MR) is 75.8 cm³/mol. The van der Waals surface area contributed by atoms with E-state index in [1.54, 1.807) is 6.07 Å². The summed E-state index contributed by atoms with van der Waals surface area (Å²) in [4.78, 5) is 0. The number of hydrogen-bond donors (Lipinski definition) is 1. The van der Waals surface area contributed by atoms with Crippen molar-refractivity contribution in [3.05, 3.63) is 23.8 Å². The summed E-state index contributed by atoms with van der Waals surface area (Å²) in [5.41, 5.74) is 0.870. The SMILES string of the molecule is COc1cccc(CNC(C)C)c1OCCCC(F)(F)F. The molecule has 21 heavy (non-hydrogen) atoms. The van der Waals surface area contributed by atoms with Gasteiger partial charge in [-0.1, -0.05) is 26.0 Å². The summed E-state index contributed by atoms with van der Waals surface area (Å²) in [5, 5.41) is 3.25. The number of methoxy groups -OCH3 is 1. The fraction of sp³-hybridized carbons (Fsp3) is 0.600. The molecule has 0 fully saturated rings. The van der Waals surface area contributed by atoms with Crippen LogP contribution in [-0.4, -0.2) is 25.9 Å². The molecule has 0 saturated carbocycles. The molecule has 1 aromatic rings. The van der Waals surface area contributed by atoms with Crippen molar-refractivity contribution in [2.45, 2.75) is 45.5 Å². The summed E-state index contributed by atoms with van der Waals surface area (Å²) in [6, 6.07) is 5.74. The molecular formula is C15H22F3NO2. The normalized spacial score (nSPS) is 11.8. The minimum Gasteiger partial charge on any atom is -0.493 e. The summed E-state index contributed by atoms with van der Waals surface area (Å²) in [7, 11) is 1.51. The van der Waals surface area contributed by atoms with E-state index in [0.29, 0.717) is 24.1 Å². The van der Waals surface area contributed by atoms with Crippen LogP contribution in [0, 0.1) is 0 Å². The Labute approximate surface area is 123 Å². The third-order valence-corrected chi connectivity index (χ3v) is 2.83. The lowest BCUT2D eigenvalue weighted by Gasteiger charge is -2.16. The molecule has 0 amide bonds.